The maximum Gasteiger partial charge on any atom is 0.137 e. The van der Waals surface area contributed by atoms with Crippen LogP contribution in [-0.4, -0.2) is 0 Å². The molecule has 116 heavy (non-hydrogen) atoms. The van der Waals surface area contributed by atoms with Crippen LogP contribution in [-0.2, 0) is 21.7 Å². The van der Waals surface area contributed by atoms with Crippen LogP contribution in [0.3, 0.4) is 0 Å². The average molecular weight is 1490 g/mol. The minimum atomic E-state index is -0.647. The van der Waals surface area contributed by atoms with Crippen LogP contribution in [0.2, 0.25) is 0 Å². The van der Waals surface area contributed by atoms with Gasteiger partial charge >= 0.3 is 0 Å². The predicted molar refractivity (Wildman–Crippen MR) is 479 cm³/mol. The summed E-state index contributed by atoms with van der Waals surface area (Å²) in [7, 11) is 0. The minimum Gasteiger partial charge on any atom is -0.456 e. The van der Waals surface area contributed by atoms with E-state index >= 15 is 0 Å². The second-order valence-electron chi connectivity index (χ2n) is 32.7. The van der Waals surface area contributed by atoms with E-state index in [4.69, 9.17) is 8.83 Å². The van der Waals surface area contributed by atoms with E-state index in [0.717, 1.165) is 72.3 Å². The molecule has 2 aromatic heterocycles. The number of para-hydroxylation sites is 3. The number of nitrogens with zero attached hydrogens (tertiary/aromatic N) is 2. The Kier molecular flexibility index (Phi) is 15.3. The molecule has 4 heteroatoms. The molecule has 0 radical (unpaired) electrons. The zero-order valence-corrected chi connectivity index (χ0v) is 64.6. The second kappa shape index (κ2) is 26.3. The lowest BCUT2D eigenvalue weighted by molar-refractivity contribution is 0.550. The van der Waals surface area contributed by atoms with Crippen molar-refractivity contribution in [2.75, 3.05) is 9.80 Å². The molecule has 0 bridgehead atoms. The number of rotatable bonds is 11. The molecule has 0 aliphatic heterocycles. The summed E-state index contributed by atoms with van der Waals surface area (Å²) >= 11 is 0. The van der Waals surface area contributed by atoms with E-state index in [1.807, 2.05) is 0 Å². The molecule has 1 spiro atoms. The fourth-order valence-electron chi connectivity index (χ4n) is 21.9. The van der Waals surface area contributed by atoms with Gasteiger partial charge in [-0.2, -0.15) is 0 Å². The maximum absolute atomic E-state index is 7.00. The Balaban J connectivity index is 0.000000137. The highest BCUT2D eigenvalue weighted by molar-refractivity contribution is 6.13. The zero-order chi connectivity index (χ0) is 76.9. The van der Waals surface area contributed by atoms with Crippen molar-refractivity contribution in [1.82, 2.24) is 0 Å². The fourth-order valence-corrected chi connectivity index (χ4v) is 21.9. The molecular weight excluding hydrogens is 1410 g/mol. The number of benzene rings is 17. The van der Waals surface area contributed by atoms with Crippen molar-refractivity contribution in [3.63, 3.8) is 0 Å². The molecule has 17 aromatic carbocycles. The van der Waals surface area contributed by atoms with E-state index in [2.05, 4.69) is 424 Å². The van der Waals surface area contributed by atoms with E-state index < -0.39 is 10.8 Å². The Bertz CT molecular complexity index is 7030. The molecule has 0 amide bonds. The summed E-state index contributed by atoms with van der Waals surface area (Å²) in [5.74, 6) is 0. The van der Waals surface area contributed by atoms with E-state index in [-0.39, 0.29) is 10.8 Å². The first kappa shape index (κ1) is 67.6. The van der Waals surface area contributed by atoms with Crippen molar-refractivity contribution in [2.24, 2.45) is 0 Å². The highest BCUT2D eigenvalue weighted by Crippen LogP contribution is 2.65. The number of hydrogen-bond donors (Lipinski definition) is 0. The summed E-state index contributed by atoms with van der Waals surface area (Å²) < 4.78 is 14.0. The standard InChI is InChI=1S/C58H41NO.C54H39NO/c1-57(2)47-26-13-11-24-45(47)55-50(57)29-17-30-52(55)59(41-34-32-39(33-35-41)38-18-5-3-6-19-38)42-36-51(56-46-25-12-16-31-53(46)60-54(56)37-42)58(40-20-7-4-8-21-40)48-27-14-9-22-43(48)44-23-10-15-28-49(44)58;1-3-18-36(19-4-1)54(44-27-12-7-22-39(44)40-23-8-13-28-45(40)54)47-34-38(35-50-52(47)42-25-10-14-31-49(42)56-50)55(37-20-5-2-6-21-37)48-30-17-29-46-51(48)41-24-9-11-26-43(41)53(46)32-15-16-33-53/h3-37H,1-2H3;1-14,17-31,34-35H,15-16,32-33H2. The summed E-state index contributed by atoms with van der Waals surface area (Å²) in [6.07, 6.45) is 4.91. The number of fused-ring (bicyclic) bond motifs is 20. The Labute approximate surface area is 676 Å². The van der Waals surface area contributed by atoms with Crippen LogP contribution >= 0.6 is 0 Å². The Morgan fingerprint density at radius 2 is 0.586 bits per heavy atom. The summed E-state index contributed by atoms with van der Waals surface area (Å²) in [4.78, 5) is 4.98. The van der Waals surface area contributed by atoms with Gasteiger partial charge in [0.05, 0.1) is 33.6 Å². The summed E-state index contributed by atoms with van der Waals surface area (Å²) in [5.41, 5.74) is 37.2. The van der Waals surface area contributed by atoms with Crippen molar-refractivity contribution < 1.29 is 8.83 Å². The van der Waals surface area contributed by atoms with Crippen molar-refractivity contribution in [3.8, 4) is 55.6 Å². The van der Waals surface area contributed by atoms with E-state index in [0.29, 0.717) is 0 Å². The first-order valence-corrected chi connectivity index (χ1v) is 41.0. The third-order valence-corrected chi connectivity index (χ3v) is 26.6. The van der Waals surface area contributed by atoms with E-state index in [1.54, 1.807) is 0 Å². The predicted octanol–water partition coefficient (Wildman–Crippen LogP) is 29.7. The third kappa shape index (κ3) is 9.74. The van der Waals surface area contributed by atoms with Crippen molar-refractivity contribution in [3.05, 3.63) is 467 Å². The van der Waals surface area contributed by atoms with Gasteiger partial charge in [-0.3, -0.25) is 0 Å². The summed E-state index contributed by atoms with van der Waals surface area (Å²) in [5, 5.41) is 4.53. The fraction of sp³-hybridized carbons (Fsp3) is 0.0893. The van der Waals surface area contributed by atoms with E-state index in [9.17, 15) is 0 Å². The minimum absolute atomic E-state index is 0.0623. The Hall–Kier alpha value is -14.1. The van der Waals surface area contributed by atoms with Crippen LogP contribution in [0, 0.1) is 0 Å². The van der Waals surface area contributed by atoms with Gasteiger partial charge in [0.1, 0.15) is 22.3 Å². The van der Waals surface area contributed by atoms with Crippen LogP contribution in [0.15, 0.2) is 409 Å². The third-order valence-electron chi connectivity index (χ3n) is 26.6. The normalized spacial score (nSPS) is 14.8. The van der Waals surface area contributed by atoms with Crippen LogP contribution in [0.25, 0.3) is 99.5 Å². The van der Waals surface area contributed by atoms with Gasteiger partial charge in [0, 0.05) is 67.0 Å². The van der Waals surface area contributed by atoms with Gasteiger partial charge in [0.25, 0.3) is 0 Å². The van der Waals surface area contributed by atoms with Gasteiger partial charge in [-0.1, -0.05) is 354 Å². The lowest BCUT2D eigenvalue weighted by atomic mass is 9.66. The Morgan fingerprint density at radius 1 is 0.241 bits per heavy atom. The van der Waals surface area contributed by atoms with Crippen LogP contribution in [0.4, 0.5) is 34.1 Å². The van der Waals surface area contributed by atoms with E-state index in [1.165, 1.54) is 154 Å². The molecule has 0 unspecified atom stereocenters. The Morgan fingerprint density at radius 3 is 1.06 bits per heavy atom. The smallest absolute Gasteiger partial charge is 0.137 e. The number of hydrogen-bond acceptors (Lipinski definition) is 4. The first-order valence-electron chi connectivity index (χ1n) is 41.0. The molecule has 2 heterocycles. The highest BCUT2D eigenvalue weighted by atomic mass is 16.3. The first-order chi connectivity index (χ1) is 57.3. The molecule has 24 rings (SSSR count). The molecule has 19 aromatic rings. The molecule has 1 saturated carbocycles. The monoisotopic (exact) mass is 1480 g/mol. The number of furan rings is 2. The molecule has 5 aliphatic carbocycles. The molecule has 550 valence electrons. The quantitative estimate of drug-likeness (QED) is 0.129. The average Bonchev–Trinajstić information content (AvgIpc) is 1.52. The molecule has 5 aliphatic rings. The van der Waals surface area contributed by atoms with Crippen molar-refractivity contribution in [2.45, 2.75) is 61.2 Å². The molecule has 0 atom stereocenters. The molecular formula is C112H80N2O2. The van der Waals surface area contributed by atoms with Gasteiger partial charge in [0.15, 0.2) is 0 Å². The second-order valence-corrected chi connectivity index (χ2v) is 32.7. The molecule has 4 nitrogen and oxygen atoms in total. The topological polar surface area (TPSA) is 32.8 Å². The lowest BCUT2D eigenvalue weighted by Gasteiger charge is -2.36. The van der Waals surface area contributed by atoms with Crippen LogP contribution in [0.1, 0.15) is 106 Å². The van der Waals surface area contributed by atoms with Gasteiger partial charge in [-0.05, 0) is 185 Å². The van der Waals surface area contributed by atoms with Gasteiger partial charge in [-0.15, -0.1) is 0 Å². The summed E-state index contributed by atoms with van der Waals surface area (Å²) in [6.45, 7) is 4.72. The number of anilines is 6. The summed E-state index contributed by atoms with van der Waals surface area (Å²) in [6, 6.07) is 148. The lowest BCUT2D eigenvalue weighted by Crippen LogP contribution is -2.29. The van der Waals surface area contributed by atoms with Gasteiger partial charge in [0.2, 0.25) is 0 Å². The zero-order valence-electron chi connectivity index (χ0n) is 64.6. The van der Waals surface area contributed by atoms with Gasteiger partial charge < -0.3 is 18.6 Å². The molecule has 1 fully saturated rings. The molecule has 0 N–H and O–H groups in total. The molecule has 0 saturated heterocycles. The SMILES string of the molecule is CC1(C)c2ccccc2-c2c(N(c3ccc(-c4ccccc4)cc3)c3cc(C4(c5ccccc5)c5ccccc5-c5ccccc54)c4c(c3)oc3ccccc34)cccc21.c1ccc(N(c2cc(C3(c4ccccc4)c4ccccc4-c4ccccc43)c3c(c2)oc2ccccc23)c2cccc3c2-c2ccccc2C32CCCC2)cc1. The van der Waals surface area contributed by atoms with Gasteiger partial charge in [-0.25, -0.2) is 0 Å². The van der Waals surface area contributed by atoms with Crippen molar-refractivity contribution >= 4 is 78.0 Å². The maximum atomic E-state index is 7.00. The van der Waals surface area contributed by atoms with Crippen molar-refractivity contribution in [1.29, 1.82) is 0 Å². The largest absolute Gasteiger partial charge is 0.456 e. The van der Waals surface area contributed by atoms with Crippen LogP contribution in [0.5, 0.6) is 0 Å². The van der Waals surface area contributed by atoms with Crippen LogP contribution < -0.4 is 9.80 Å². The highest BCUT2D eigenvalue weighted by Gasteiger charge is 2.51.